The lowest BCUT2D eigenvalue weighted by Crippen LogP contribution is -2.46. The van der Waals surface area contributed by atoms with E-state index >= 15 is 0 Å². The van der Waals surface area contributed by atoms with Crippen LogP contribution in [0.4, 0.5) is 5.69 Å². The minimum atomic E-state index is -0.0217. The summed E-state index contributed by atoms with van der Waals surface area (Å²) in [4.78, 5) is 28.0. The van der Waals surface area contributed by atoms with Gasteiger partial charge in [-0.3, -0.25) is 14.5 Å². The molecule has 114 valence electrons. The van der Waals surface area contributed by atoms with Crippen LogP contribution < -0.4 is 5.32 Å². The molecule has 1 saturated heterocycles. The van der Waals surface area contributed by atoms with Crippen molar-refractivity contribution >= 4 is 17.4 Å². The molecule has 1 N–H and O–H groups in total. The Morgan fingerprint density at radius 2 is 1.71 bits per heavy atom. The Morgan fingerprint density at radius 3 is 2.29 bits per heavy atom. The van der Waals surface area contributed by atoms with Gasteiger partial charge in [-0.1, -0.05) is 6.92 Å². The number of piperazine rings is 1. The molecule has 1 aliphatic heterocycles. The van der Waals surface area contributed by atoms with E-state index in [0.29, 0.717) is 18.5 Å². The zero-order valence-electron chi connectivity index (χ0n) is 12.8. The Hall–Kier alpha value is -1.72. The zero-order valence-corrected chi connectivity index (χ0v) is 12.8. The molecule has 0 aromatic heterocycles. The lowest BCUT2D eigenvalue weighted by atomic mass is 10.1. The van der Waals surface area contributed by atoms with Crippen molar-refractivity contribution in [3.05, 3.63) is 29.8 Å². The van der Waals surface area contributed by atoms with Crippen LogP contribution in [-0.2, 0) is 4.79 Å². The van der Waals surface area contributed by atoms with E-state index in [1.54, 1.807) is 24.3 Å². The third-order valence-corrected chi connectivity index (χ3v) is 3.77. The monoisotopic (exact) mass is 289 g/mol. The van der Waals surface area contributed by atoms with E-state index < -0.39 is 0 Å². The molecule has 1 amide bonds. The number of benzene rings is 1. The fourth-order valence-corrected chi connectivity index (χ4v) is 2.29. The number of nitrogens with one attached hydrogen (secondary N) is 1. The smallest absolute Gasteiger partial charge is 0.224 e. The predicted molar refractivity (Wildman–Crippen MR) is 83.6 cm³/mol. The van der Waals surface area contributed by atoms with Gasteiger partial charge < -0.3 is 10.2 Å². The second-order valence-electron chi connectivity index (χ2n) is 5.48. The van der Waals surface area contributed by atoms with Gasteiger partial charge in [0, 0.05) is 43.9 Å². The predicted octanol–water partition coefficient (Wildman–Crippen LogP) is 1.47. The number of anilines is 1. The average molecular weight is 289 g/mol. The van der Waals surface area contributed by atoms with Gasteiger partial charge in [-0.25, -0.2) is 0 Å². The minimum absolute atomic E-state index is 0.0217. The molecule has 0 radical (unpaired) electrons. The molecule has 1 aromatic rings. The molecule has 21 heavy (non-hydrogen) atoms. The molecule has 2 rings (SSSR count). The maximum atomic E-state index is 12.2. The normalized spacial score (nSPS) is 16.7. The highest BCUT2D eigenvalue weighted by molar-refractivity contribution is 5.98. The summed E-state index contributed by atoms with van der Waals surface area (Å²) in [6.45, 7) is 6.17. The van der Waals surface area contributed by atoms with Crippen LogP contribution in [0.3, 0.4) is 0 Å². The van der Waals surface area contributed by atoms with Crippen molar-refractivity contribution in [2.45, 2.75) is 13.3 Å². The van der Waals surface area contributed by atoms with E-state index in [1.165, 1.54) is 0 Å². The fraction of sp³-hybridized carbons (Fsp3) is 0.500. The third kappa shape index (κ3) is 4.65. The van der Waals surface area contributed by atoms with Crippen molar-refractivity contribution in [3.8, 4) is 0 Å². The molecular formula is C16H23N3O2. The van der Waals surface area contributed by atoms with Gasteiger partial charge in [-0.15, -0.1) is 0 Å². The van der Waals surface area contributed by atoms with Gasteiger partial charge >= 0.3 is 0 Å². The van der Waals surface area contributed by atoms with Gasteiger partial charge in [0.25, 0.3) is 0 Å². The highest BCUT2D eigenvalue weighted by atomic mass is 16.1. The molecule has 0 bridgehead atoms. The fourth-order valence-electron chi connectivity index (χ4n) is 2.29. The van der Waals surface area contributed by atoms with E-state index in [-0.39, 0.29) is 11.7 Å². The van der Waals surface area contributed by atoms with Gasteiger partial charge in [-0.2, -0.15) is 0 Å². The quantitative estimate of drug-likeness (QED) is 0.834. The van der Waals surface area contributed by atoms with Crippen LogP contribution in [0, 0.1) is 0 Å². The van der Waals surface area contributed by atoms with Gasteiger partial charge in [-0.05, 0) is 31.3 Å². The van der Waals surface area contributed by atoms with E-state index in [4.69, 9.17) is 0 Å². The topological polar surface area (TPSA) is 52.7 Å². The first-order valence-corrected chi connectivity index (χ1v) is 7.42. The lowest BCUT2D eigenvalue weighted by molar-refractivity contribution is -0.115. The highest BCUT2D eigenvalue weighted by Crippen LogP contribution is 2.11. The van der Waals surface area contributed by atoms with Crippen molar-refractivity contribution in [2.75, 3.05) is 45.1 Å². The van der Waals surface area contributed by atoms with E-state index in [9.17, 15) is 9.59 Å². The summed E-state index contributed by atoms with van der Waals surface area (Å²) < 4.78 is 0. The number of likely N-dealkylation sites (N-methyl/N-ethyl adjacent to an activating group) is 1. The summed E-state index contributed by atoms with van der Waals surface area (Å²) in [6, 6.07) is 7.13. The van der Waals surface area contributed by atoms with Crippen molar-refractivity contribution in [3.63, 3.8) is 0 Å². The lowest BCUT2D eigenvalue weighted by Gasteiger charge is -2.31. The van der Waals surface area contributed by atoms with E-state index in [1.807, 2.05) is 6.92 Å². The highest BCUT2D eigenvalue weighted by Gasteiger charge is 2.17. The van der Waals surface area contributed by atoms with Gasteiger partial charge in [0.05, 0.1) is 6.54 Å². The van der Waals surface area contributed by atoms with Crippen molar-refractivity contribution in [2.24, 2.45) is 0 Å². The van der Waals surface area contributed by atoms with Crippen LogP contribution in [0.5, 0.6) is 0 Å². The molecule has 0 spiro atoms. The van der Waals surface area contributed by atoms with Crippen LogP contribution in [-0.4, -0.2) is 61.3 Å². The molecule has 0 atom stereocenters. The second kappa shape index (κ2) is 7.33. The number of nitrogens with zero attached hydrogens (tertiary/aromatic N) is 2. The molecule has 0 aliphatic carbocycles. The number of Topliss-reactive ketones (excluding diaryl/α,β-unsaturated/α-hetero) is 1. The first kappa shape index (κ1) is 15.7. The molecule has 1 fully saturated rings. The van der Waals surface area contributed by atoms with Gasteiger partial charge in [0.2, 0.25) is 5.91 Å². The maximum Gasteiger partial charge on any atom is 0.224 e. The third-order valence-electron chi connectivity index (χ3n) is 3.77. The molecule has 1 aromatic carbocycles. The molecule has 0 unspecified atom stereocenters. The molecular weight excluding hydrogens is 266 g/mol. The molecule has 1 heterocycles. The van der Waals surface area contributed by atoms with Gasteiger partial charge in [0.15, 0.2) is 5.78 Å². The molecule has 0 saturated carbocycles. The number of hydrogen-bond donors (Lipinski definition) is 1. The van der Waals surface area contributed by atoms with Crippen LogP contribution >= 0.6 is 0 Å². The number of carbonyl (C=O) groups is 2. The number of ketones is 1. The standard InChI is InChI=1S/C16H23N3O2/c1-3-16(21)17-14-6-4-13(5-7-14)15(20)12-19-10-8-18(2)9-11-19/h4-7H,3,8-12H2,1-2H3,(H,17,21). The maximum absolute atomic E-state index is 12.2. The Bertz CT molecular complexity index is 491. The van der Waals surface area contributed by atoms with Gasteiger partial charge in [0.1, 0.15) is 0 Å². The Balaban J connectivity index is 1.89. The Labute approximate surface area is 125 Å². The number of hydrogen-bond acceptors (Lipinski definition) is 4. The summed E-state index contributed by atoms with van der Waals surface area (Å²) in [6.07, 6.45) is 0.449. The van der Waals surface area contributed by atoms with Crippen molar-refractivity contribution < 1.29 is 9.59 Å². The Morgan fingerprint density at radius 1 is 1.10 bits per heavy atom. The Kier molecular flexibility index (Phi) is 5.47. The number of carbonyl (C=O) groups excluding carboxylic acids is 2. The zero-order chi connectivity index (χ0) is 15.2. The van der Waals surface area contributed by atoms with Crippen molar-refractivity contribution in [1.82, 2.24) is 9.80 Å². The summed E-state index contributed by atoms with van der Waals surface area (Å²) >= 11 is 0. The van der Waals surface area contributed by atoms with Crippen LogP contribution in [0.25, 0.3) is 0 Å². The van der Waals surface area contributed by atoms with Crippen LogP contribution in [0.15, 0.2) is 24.3 Å². The van der Waals surface area contributed by atoms with Crippen LogP contribution in [0.2, 0.25) is 0 Å². The summed E-state index contributed by atoms with van der Waals surface area (Å²) in [5, 5.41) is 2.78. The summed E-state index contributed by atoms with van der Waals surface area (Å²) in [7, 11) is 2.10. The molecule has 1 aliphatic rings. The minimum Gasteiger partial charge on any atom is -0.326 e. The number of rotatable bonds is 5. The first-order chi connectivity index (χ1) is 10.1. The molecule has 5 heteroatoms. The largest absolute Gasteiger partial charge is 0.326 e. The number of amides is 1. The van der Waals surface area contributed by atoms with Crippen molar-refractivity contribution in [1.29, 1.82) is 0 Å². The van der Waals surface area contributed by atoms with E-state index in [0.717, 1.165) is 31.9 Å². The van der Waals surface area contributed by atoms with E-state index in [2.05, 4.69) is 22.2 Å². The first-order valence-electron chi connectivity index (χ1n) is 7.42. The summed E-state index contributed by atoms with van der Waals surface area (Å²) in [5.41, 5.74) is 1.43. The summed E-state index contributed by atoms with van der Waals surface area (Å²) in [5.74, 6) is 0.111. The van der Waals surface area contributed by atoms with Crippen LogP contribution in [0.1, 0.15) is 23.7 Å². The average Bonchev–Trinajstić information content (AvgIpc) is 2.50. The SMILES string of the molecule is CCC(=O)Nc1ccc(C(=O)CN2CCN(C)CC2)cc1. The second-order valence-corrected chi connectivity index (χ2v) is 5.48. The molecule has 5 nitrogen and oxygen atoms in total.